The molecule has 0 aromatic heterocycles. The van der Waals surface area contributed by atoms with Crippen LogP contribution in [0, 0.1) is 0 Å². The smallest absolute Gasteiger partial charge is 0.304 e. The van der Waals surface area contributed by atoms with E-state index >= 15 is 0 Å². The van der Waals surface area contributed by atoms with Crippen LogP contribution in [0.5, 0.6) is 0 Å². The first kappa shape index (κ1) is 15.3. The lowest BCUT2D eigenvalue weighted by atomic mass is 10.0. The van der Waals surface area contributed by atoms with E-state index in [0.717, 1.165) is 24.1 Å². The molecule has 1 aromatic rings. The normalized spacial score (nSPS) is 19.9. The topological polar surface area (TPSA) is 60.9 Å². The van der Waals surface area contributed by atoms with Gasteiger partial charge in [-0.1, -0.05) is 18.2 Å². The van der Waals surface area contributed by atoms with Crippen molar-refractivity contribution in [1.29, 1.82) is 0 Å². The van der Waals surface area contributed by atoms with Crippen molar-refractivity contribution in [2.75, 3.05) is 37.0 Å². The van der Waals surface area contributed by atoms with Gasteiger partial charge in [0.25, 0.3) is 0 Å². The van der Waals surface area contributed by atoms with E-state index < -0.39 is 10.2 Å². The van der Waals surface area contributed by atoms with Gasteiger partial charge in [-0.15, -0.1) is 0 Å². The number of fused-ring (bicyclic) bond motifs is 1. The Hall–Kier alpha value is -1.60. The van der Waals surface area contributed by atoms with Gasteiger partial charge in [0.15, 0.2) is 0 Å². The Morgan fingerprint density at radius 3 is 2.41 bits per heavy atom. The highest BCUT2D eigenvalue weighted by Crippen LogP contribution is 2.30. The summed E-state index contributed by atoms with van der Waals surface area (Å²) in [5, 5.41) is 0. The maximum atomic E-state index is 12.9. The van der Waals surface area contributed by atoms with Crippen molar-refractivity contribution in [2.45, 2.75) is 19.8 Å². The van der Waals surface area contributed by atoms with Gasteiger partial charge in [-0.3, -0.25) is 9.10 Å². The van der Waals surface area contributed by atoms with Crippen LogP contribution in [0.25, 0.3) is 0 Å². The van der Waals surface area contributed by atoms with Gasteiger partial charge in [0.1, 0.15) is 0 Å². The quantitative estimate of drug-likeness (QED) is 0.810. The number of aryl methyl sites for hydroxylation is 1. The minimum absolute atomic E-state index is 0.000339. The third-order valence-electron chi connectivity index (χ3n) is 4.36. The van der Waals surface area contributed by atoms with E-state index in [-0.39, 0.29) is 5.91 Å². The van der Waals surface area contributed by atoms with E-state index in [1.807, 2.05) is 24.3 Å². The molecule has 0 unspecified atom stereocenters. The molecular formula is C15H21N3O3S. The van der Waals surface area contributed by atoms with Crippen molar-refractivity contribution in [2.24, 2.45) is 0 Å². The summed E-state index contributed by atoms with van der Waals surface area (Å²) in [5.41, 5.74) is 1.88. The van der Waals surface area contributed by atoms with Crippen LogP contribution in [-0.4, -0.2) is 56.3 Å². The number of carbonyl (C=O) groups excluding carboxylic acids is 1. The van der Waals surface area contributed by atoms with Gasteiger partial charge in [0, 0.05) is 39.6 Å². The number of carbonyl (C=O) groups is 1. The van der Waals surface area contributed by atoms with Crippen LogP contribution < -0.4 is 4.31 Å². The van der Waals surface area contributed by atoms with Crippen LogP contribution in [0.3, 0.4) is 0 Å². The lowest BCUT2D eigenvalue weighted by Gasteiger charge is -2.38. The maximum absolute atomic E-state index is 12.9. The van der Waals surface area contributed by atoms with E-state index in [9.17, 15) is 13.2 Å². The summed E-state index contributed by atoms with van der Waals surface area (Å²) in [7, 11) is -3.52. The van der Waals surface area contributed by atoms with Gasteiger partial charge in [-0.25, -0.2) is 0 Å². The van der Waals surface area contributed by atoms with Crippen LogP contribution in [0.4, 0.5) is 5.69 Å². The molecule has 0 saturated carbocycles. The number of piperazine rings is 1. The Labute approximate surface area is 131 Å². The molecular weight excluding hydrogens is 302 g/mol. The Morgan fingerprint density at radius 2 is 1.73 bits per heavy atom. The SMILES string of the molecule is CC(=O)N1CCN(S(=O)(=O)N2CCCc3ccccc32)CC1. The highest BCUT2D eigenvalue weighted by Gasteiger charge is 2.34. The molecule has 6 nitrogen and oxygen atoms in total. The molecule has 1 amide bonds. The molecule has 0 atom stereocenters. The zero-order chi connectivity index (χ0) is 15.7. The van der Waals surface area contributed by atoms with Crippen LogP contribution in [-0.2, 0) is 21.4 Å². The summed E-state index contributed by atoms with van der Waals surface area (Å²) in [6.07, 6.45) is 1.75. The van der Waals surface area contributed by atoms with Crippen LogP contribution >= 0.6 is 0 Å². The van der Waals surface area contributed by atoms with E-state index in [4.69, 9.17) is 0 Å². The predicted molar refractivity (Wildman–Crippen MR) is 84.9 cm³/mol. The molecule has 2 aliphatic rings. The van der Waals surface area contributed by atoms with Gasteiger partial charge in [-0.2, -0.15) is 12.7 Å². The first-order chi connectivity index (χ1) is 10.5. The van der Waals surface area contributed by atoms with Crippen LogP contribution in [0.15, 0.2) is 24.3 Å². The minimum atomic E-state index is -3.52. The number of anilines is 1. The van der Waals surface area contributed by atoms with E-state index in [1.165, 1.54) is 15.5 Å². The average Bonchev–Trinajstić information content (AvgIpc) is 2.54. The maximum Gasteiger partial charge on any atom is 0.304 e. The van der Waals surface area contributed by atoms with Crippen LogP contribution in [0.2, 0.25) is 0 Å². The van der Waals surface area contributed by atoms with Crippen molar-refractivity contribution in [3.05, 3.63) is 29.8 Å². The van der Waals surface area contributed by atoms with Gasteiger partial charge in [0.2, 0.25) is 5.91 Å². The number of nitrogens with zero attached hydrogens (tertiary/aromatic N) is 3. The molecule has 0 N–H and O–H groups in total. The number of hydrogen-bond donors (Lipinski definition) is 0. The summed E-state index contributed by atoms with van der Waals surface area (Å²) in [5.74, 6) is 0.000339. The Morgan fingerprint density at radius 1 is 1.05 bits per heavy atom. The minimum Gasteiger partial charge on any atom is -0.340 e. The van der Waals surface area contributed by atoms with Gasteiger partial charge in [-0.05, 0) is 24.5 Å². The molecule has 3 rings (SSSR count). The molecule has 0 radical (unpaired) electrons. The standard InChI is InChI=1S/C15H21N3O3S/c1-13(19)16-9-11-17(12-10-16)22(20,21)18-8-4-6-14-5-2-3-7-15(14)18/h2-3,5,7H,4,6,8-12H2,1H3. The predicted octanol–water partition coefficient (Wildman–Crippen LogP) is 0.848. The summed E-state index contributed by atoms with van der Waals surface area (Å²) in [4.78, 5) is 13.1. The highest BCUT2D eigenvalue weighted by atomic mass is 32.2. The Bertz CT molecular complexity index is 666. The second kappa shape index (κ2) is 5.89. The second-order valence-electron chi connectivity index (χ2n) is 5.72. The Balaban J connectivity index is 1.82. The van der Waals surface area contributed by atoms with Gasteiger partial charge >= 0.3 is 10.2 Å². The molecule has 2 aliphatic heterocycles. The molecule has 0 aliphatic carbocycles. The highest BCUT2D eigenvalue weighted by molar-refractivity contribution is 7.90. The fourth-order valence-electron chi connectivity index (χ4n) is 3.11. The zero-order valence-corrected chi connectivity index (χ0v) is 13.6. The first-order valence-electron chi connectivity index (χ1n) is 7.61. The lowest BCUT2D eigenvalue weighted by Crippen LogP contribution is -2.54. The van der Waals surface area contributed by atoms with E-state index in [0.29, 0.717) is 32.7 Å². The summed E-state index contributed by atoms with van der Waals surface area (Å²) in [6.45, 7) is 3.69. The van der Waals surface area contributed by atoms with Crippen molar-refractivity contribution in [3.63, 3.8) is 0 Å². The van der Waals surface area contributed by atoms with Crippen molar-refractivity contribution >= 4 is 21.8 Å². The molecule has 0 spiro atoms. The largest absolute Gasteiger partial charge is 0.340 e. The number of para-hydroxylation sites is 1. The number of benzene rings is 1. The molecule has 1 fully saturated rings. The fraction of sp³-hybridized carbons (Fsp3) is 0.533. The molecule has 22 heavy (non-hydrogen) atoms. The van der Waals surface area contributed by atoms with Gasteiger partial charge < -0.3 is 4.90 Å². The first-order valence-corrected chi connectivity index (χ1v) is 9.01. The molecule has 7 heteroatoms. The fourth-order valence-corrected chi connectivity index (χ4v) is 4.80. The third kappa shape index (κ3) is 2.70. The Kier molecular flexibility index (Phi) is 4.10. The molecule has 120 valence electrons. The summed E-state index contributed by atoms with van der Waals surface area (Å²) >= 11 is 0. The van der Waals surface area contributed by atoms with Crippen molar-refractivity contribution < 1.29 is 13.2 Å². The molecule has 1 aromatic carbocycles. The second-order valence-corrected chi connectivity index (χ2v) is 7.57. The number of amides is 1. The molecule has 2 heterocycles. The summed E-state index contributed by atoms with van der Waals surface area (Å²) in [6, 6.07) is 7.68. The van der Waals surface area contributed by atoms with E-state index in [2.05, 4.69) is 0 Å². The molecule has 1 saturated heterocycles. The average molecular weight is 323 g/mol. The monoisotopic (exact) mass is 323 g/mol. The lowest BCUT2D eigenvalue weighted by molar-refractivity contribution is -0.129. The van der Waals surface area contributed by atoms with Crippen LogP contribution in [0.1, 0.15) is 18.9 Å². The number of rotatable bonds is 2. The van der Waals surface area contributed by atoms with Gasteiger partial charge in [0.05, 0.1) is 5.69 Å². The van der Waals surface area contributed by atoms with Crippen molar-refractivity contribution in [1.82, 2.24) is 9.21 Å². The van der Waals surface area contributed by atoms with Crippen molar-refractivity contribution in [3.8, 4) is 0 Å². The zero-order valence-electron chi connectivity index (χ0n) is 12.7. The third-order valence-corrected chi connectivity index (χ3v) is 6.31. The summed E-state index contributed by atoms with van der Waals surface area (Å²) < 4.78 is 28.9. The number of hydrogen-bond acceptors (Lipinski definition) is 3. The van der Waals surface area contributed by atoms with E-state index in [1.54, 1.807) is 4.90 Å². The molecule has 0 bridgehead atoms.